The Labute approximate surface area is 125 Å². The van der Waals surface area contributed by atoms with E-state index in [0.29, 0.717) is 11.6 Å². The summed E-state index contributed by atoms with van der Waals surface area (Å²) in [6.45, 7) is 3.79. The van der Waals surface area contributed by atoms with Gasteiger partial charge in [-0.1, -0.05) is 33.6 Å². The minimum absolute atomic E-state index is 0.0641. The first kappa shape index (κ1) is 14.3. The number of rotatable bonds is 2. The first-order chi connectivity index (χ1) is 8.79. The molecule has 1 aliphatic rings. The fraction of sp³-hybridized carbons (Fsp3) is 0.385. The van der Waals surface area contributed by atoms with Gasteiger partial charge >= 0.3 is 0 Å². The van der Waals surface area contributed by atoms with Crippen LogP contribution < -0.4 is 5.32 Å². The predicted octanol–water partition coefficient (Wildman–Crippen LogP) is 2.34. The Balaban J connectivity index is 2.22. The first-order valence-corrected chi connectivity index (χ1v) is 7.01. The van der Waals surface area contributed by atoms with Gasteiger partial charge < -0.3 is 10.2 Å². The van der Waals surface area contributed by atoms with Crippen LogP contribution in [-0.4, -0.2) is 28.8 Å². The summed E-state index contributed by atoms with van der Waals surface area (Å²) in [5, 5.41) is 3.25. The maximum atomic E-state index is 12.2. The van der Waals surface area contributed by atoms with E-state index >= 15 is 0 Å². The number of halogens is 2. The Morgan fingerprint density at radius 3 is 2.74 bits per heavy atom. The average molecular weight is 346 g/mol. The van der Waals surface area contributed by atoms with Crippen molar-refractivity contribution in [2.75, 3.05) is 6.54 Å². The van der Waals surface area contributed by atoms with E-state index in [1.807, 2.05) is 12.1 Å². The Kier molecular flexibility index (Phi) is 3.87. The third-order valence-electron chi connectivity index (χ3n) is 2.98. The topological polar surface area (TPSA) is 49.4 Å². The van der Waals surface area contributed by atoms with E-state index in [1.54, 1.807) is 19.9 Å². The van der Waals surface area contributed by atoms with Crippen LogP contribution in [0.1, 0.15) is 19.4 Å². The standard InChI is InChI=1S/C13H14BrClN2O2/c1-13(2)12(19)17(7-11(18)16-13)6-8-3-4-9(14)5-10(8)15/h3-5H,6-7H2,1-2H3,(H,16,18). The summed E-state index contributed by atoms with van der Waals surface area (Å²) in [5.41, 5.74) is -0.0410. The molecule has 19 heavy (non-hydrogen) atoms. The lowest BCUT2D eigenvalue weighted by molar-refractivity contribution is -0.148. The maximum Gasteiger partial charge on any atom is 0.248 e. The summed E-state index contributed by atoms with van der Waals surface area (Å²) in [5.74, 6) is -0.260. The number of amides is 2. The number of carbonyl (C=O) groups excluding carboxylic acids is 2. The van der Waals surface area contributed by atoms with Gasteiger partial charge in [0, 0.05) is 16.0 Å². The number of benzene rings is 1. The van der Waals surface area contributed by atoms with E-state index in [9.17, 15) is 9.59 Å². The van der Waals surface area contributed by atoms with Gasteiger partial charge in [-0.3, -0.25) is 9.59 Å². The molecule has 1 fully saturated rings. The van der Waals surface area contributed by atoms with Crippen molar-refractivity contribution in [2.45, 2.75) is 25.9 Å². The molecule has 4 nitrogen and oxygen atoms in total. The van der Waals surface area contributed by atoms with Crippen LogP contribution in [0.15, 0.2) is 22.7 Å². The van der Waals surface area contributed by atoms with Crippen molar-refractivity contribution in [2.24, 2.45) is 0 Å². The normalized spacial score (nSPS) is 18.4. The summed E-state index contributed by atoms with van der Waals surface area (Å²) in [7, 11) is 0. The van der Waals surface area contributed by atoms with Crippen molar-refractivity contribution in [3.05, 3.63) is 33.3 Å². The molecule has 2 amide bonds. The first-order valence-electron chi connectivity index (χ1n) is 5.84. The lowest BCUT2D eigenvalue weighted by atomic mass is 10.00. The Morgan fingerprint density at radius 2 is 2.11 bits per heavy atom. The molecule has 0 aliphatic carbocycles. The van der Waals surface area contributed by atoms with Crippen LogP contribution in [0, 0.1) is 0 Å². The molecule has 102 valence electrons. The van der Waals surface area contributed by atoms with Gasteiger partial charge in [0.1, 0.15) is 5.54 Å². The van der Waals surface area contributed by atoms with Crippen LogP contribution in [0.25, 0.3) is 0 Å². The summed E-state index contributed by atoms with van der Waals surface area (Å²) in [6, 6.07) is 5.48. The number of piperazine rings is 1. The molecule has 6 heteroatoms. The minimum Gasteiger partial charge on any atom is -0.341 e. The van der Waals surface area contributed by atoms with Crippen molar-refractivity contribution >= 4 is 39.3 Å². The maximum absolute atomic E-state index is 12.2. The third-order valence-corrected chi connectivity index (χ3v) is 3.83. The molecule has 0 unspecified atom stereocenters. The lowest BCUT2D eigenvalue weighted by Gasteiger charge is -2.37. The van der Waals surface area contributed by atoms with E-state index in [-0.39, 0.29) is 18.4 Å². The Morgan fingerprint density at radius 1 is 1.42 bits per heavy atom. The van der Waals surface area contributed by atoms with Crippen LogP contribution in [0.2, 0.25) is 5.02 Å². The second kappa shape index (κ2) is 5.13. The second-order valence-corrected chi connectivity index (χ2v) is 6.39. The van der Waals surface area contributed by atoms with Crippen LogP contribution >= 0.6 is 27.5 Å². The van der Waals surface area contributed by atoms with Crippen LogP contribution in [0.5, 0.6) is 0 Å². The zero-order valence-electron chi connectivity index (χ0n) is 10.7. The Bertz CT molecular complexity index is 545. The summed E-state index contributed by atoms with van der Waals surface area (Å²) in [6.07, 6.45) is 0. The number of hydrogen-bond donors (Lipinski definition) is 1. The molecule has 0 aromatic heterocycles. The Hall–Kier alpha value is -1.07. The molecule has 0 atom stereocenters. The van der Waals surface area contributed by atoms with Gasteiger partial charge in [0.2, 0.25) is 11.8 Å². The van der Waals surface area contributed by atoms with Crippen molar-refractivity contribution in [3.8, 4) is 0 Å². The van der Waals surface area contributed by atoms with Crippen LogP contribution in [-0.2, 0) is 16.1 Å². The largest absolute Gasteiger partial charge is 0.341 e. The number of hydrogen-bond acceptors (Lipinski definition) is 2. The molecule has 1 heterocycles. The molecular formula is C13H14BrClN2O2. The monoisotopic (exact) mass is 344 g/mol. The molecule has 1 aromatic carbocycles. The molecule has 0 radical (unpaired) electrons. The number of nitrogens with one attached hydrogen (secondary N) is 1. The zero-order chi connectivity index (χ0) is 14.2. The molecule has 1 aliphatic heterocycles. The zero-order valence-corrected chi connectivity index (χ0v) is 13.0. The van der Waals surface area contributed by atoms with Gasteiger partial charge in [-0.2, -0.15) is 0 Å². The molecule has 2 rings (SSSR count). The SMILES string of the molecule is CC1(C)NC(=O)CN(Cc2ccc(Br)cc2Cl)C1=O. The highest BCUT2D eigenvalue weighted by Gasteiger charge is 2.39. The van der Waals surface area contributed by atoms with Gasteiger partial charge in [0.25, 0.3) is 0 Å². The van der Waals surface area contributed by atoms with E-state index < -0.39 is 5.54 Å². The van der Waals surface area contributed by atoms with Crippen LogP contribution in [0.4, 0.5) is 0 Å². The van der Waals surface area contributed by atoms with Crippen molar-refractivity contribution in [1.29, 1.82) is 0 Å². The highest BCUT2D eigenvalue weighted by molar-refractivity contribution is 9.10. The molecule has 1 N–H and O–H groups in total. The fourth-order valence-corrected chi connectivity index (χ4v) is 2.80. The molecule has 0 spiro atoms. The van der Waals surface area contributed by atoms with E-state index in [2.05, 4.69) is 21.2 Å². The van der Waals surface area contributed by atoms with Crippen molar-refractivity contribution in [3.63, 3.8) is 0 Å². The van der Waals surface area contributed by atoms with E-state index in [1.165, 1.54) is 4.90 Å². The molecular weight excluding hydrogens is 332 g/mol. The number of carbonyl (C=O) groups is 2. The summed E-state index contributed by atoms with van der Waals surface area (Å²) < 4.78 is 0.879. The van der Waals surface area contributed by atoms with E-state index in [4.69, 9.17) is 11.6 Å². The highest BCUT2D eigenvalue weighted by atomic mass is 79.9. The van der Waals surface area contributed by atoms with Gasteiger partial charge in [-0.15, -0.1) is 0 Å². The minimum atomic E-state index is -0.864. The molecule has 1 saturated heterocycles. The smallest absolute Gasteiger partial charge is 0.248 e. The van der Waals surface area contributed by atoms with E-state index in [0.717, 1.165) is 10.0 Å². The van der Waals surface area contributed by atoms with Gasteiger partial charge in [-0.05, 0) is 31.5 Å². The summed E-state index contributed by atoms with van der Waals surface area (Å²) in [4.78, 5) is 25.4. The lowest BCUT2D eigenvalue weighted by Crippen LogP contribution is -2.63. The average Bonchev–Trinajstić information content (AvgIpc) is 2.28. The molecule has 0 saturated carbocycles. The van der Waals surface area contributed by atoms with Gasteiger partial charge in [-0.25, -0.2) is 0 Å². The third kappa shape index (κ3) is 3.09. The van der Waals surface area contributed by atoms with Crippen LogP contribution in [0.3, 0.4) is 0 Å². The predicted molar refractivity (Wildman–Crippen MR) is 76.8 cm³/mol. The van der Waals surface area contributed by atoms with Crippen molar-refractivity contribution in [1.82, 2.24) is 10.2 Å². The van der Waals surface area contributed by atoms with Gasteiger partial charge in [0.15, 0.2) is 0 Å². The van der Waals surface area contributed by atoms with Gasteiger partial charge in [0.05, 0.1) is 6.54 Å². The highest BCUT2D eigenvalue weighted by Crippen LogP contribution is 2.24. The molecule has 0 bridgehead atoms. The summed E-state index contributed by atoms with van der Waals surface area (Å²) >= 11 is 9.47. The number of nitrogens with zero attached hydrogens (tertiary/aromatic N) is 1. The second-order valence-electron chi connectivity index (χ2n) is 5.07. The molecule has 1 aromatic rings. The quantitative estimate of drug-likeness (QED) is 0.894. The van der Waals surface area contributed by atoms with Crippen molar-refractivity contribution < 1.29 is 9.59 Å². The fourth-order valence-electron chi connectivity index (χ4n) is 2.07.